The van der Waals surface area contributed by atoms with E-state index in [-0.39, 0.29) is 22.5 Å². The maximum atomic E-state index is 12.2. The van der Waals surface area contributed by atoms with Crippen LogP contribution in [0.4, 0.5) is 0 Å². The predicted octanol–water partition coefficient (Wildman–Crippen LogP) is 1.02. The van der Waals surface area contributed by atoms with Gasteiger partial charge in [-0.3, -0.25) is 4.79 Å². The number of hydrogen-bond donors (Lipinski definition) is 2. The summed E-state index contributed by atoms with van der Waals surface area (Å²) >= 11 is 0. The summed E-state index contributed by atoms with van der Waals surface area (Å²) in [5.74, 6) is -0.310. The molecule has 1 aromatic carbocycles. The normalized spacial score (nSPS) is 17.3. The summed E-state index contributed by atoms with van der Waals surface area (Å²) in [7, 11) is -3.80. The van der Waals surface area contributed by atoms with Gasteiger partial charge in [0.15, 0.2) is 0 Å². The Balaban J connectivity index is 1.68. The van der Waals surface area contributed by atoms with Crippen LogP contribution in [0.1, 0.15) is 28.0 Å². The van der Waals surface area contributed by atoms with E-state index in [0.29, 0.717) is 0 Å². The zero-order chi connectivity index (χ0) is 16.4. The second kappa shape index (κ2) is 6.10. The Kier molecular flexibility index (Phi) is 4.14. The number of nitrogens with one attached hydrogen (secondary N) is 1. The smallest absolute Gasteiger partial charge is 0.270 e. The molecule has 0 saturated heterocycles. The van der Waals surface area contributed by atoms with Crippen LogP contribution in [0.25, 0.3) is 0 Å². The molecule has 3 rings (SSSR count). The minimum atomic E-state index is -3.80. The van der Waals surface area contributed by atoms with Gasteiger partial charge in [-0.25, -0.2) is 18.5 Å². The van der Waals surface area contributed by atoms with Crippen molar-refractivity contribution in [3.8, 4) is 0 Å². The molecule has 0 saturated carbocycles. The van der Waals surface area contributed by atoms with Crippen molar-refractivity contribution in [3.63, 3.8) is 0 Å². The number of carbonyl (C=O) groups excluding carboxylic acids is 1. The Morgan fingerprint density at radius 3 is 2.57 bits per heavy atom. The molecule has 0 aliphatic heterocycles. The monoisotopic (exact) mass is 331 g/mol. The average Bonchev–Trinajstić information content (AvgIpc) is 2.54. The van der Waals surface area contributed by atoms with Crippen LogP contribution in [-0.4, -0.2) is 25.4 Å². The van der Waals surface area contributed by atoms with E-state index in [0.717, 1.165) is 25.5 Å². The highest BCUT2D eigenvalue weighted by molar-refractivity contribution is 7.89. The van der Waals surface area contributed by atoms with Gasteiger partial charge in [0.2, 0.25) is 10.0 Å². The summed E-state index contributed by atoms with van der Waals surface area (Å²) in [5.41, 5.74) is 2.76. The number of carbonyl (C=O) groups is 1. The van der Waals surface area contributed by atoms with Crippen LogP contribution >= 0.6 is 0 Å². The van der Waals surface area contributed by atoms with Crippen molar-refractivity contribution < 1.29 is 13.2 Å². The van der Waals surface area contributed by atoms with E-state index >= 15 is 0 Å². The number of aromatic nitrogens is 1. The summed E-state index contributed by atoms with van der Waals surface area (Å²) in [5, 5.41) is 7.96. The van der Waals surface area contributed by atoms with E-state index in [4.69, 9.17) is 5.14 Å². The first-order valence-electron chi connectivity index (χ1n) is 7.30. The number of benzene rings is 1. The fraction of sp³-hybridized carbons (Fsp3) is 0.250. The zero-order valence-electron chi connectivity index (χ0n) is 12.4. The molecule has 2 aromatic rings. The first-order valence-corrected chi connectivity index (χ1v) is 8.84. The van der Waals surface area contributed by atoms with E-state index in [2.05, 4.69) is 22.4 Å². The van der Waals surface area contributed by atoms with Gasteiger partial charge in [0.25, 0.3) is 5.91 Å². The van der Waals surface area contributed by atoms with E-state index in [1.165, 1.54) is 23.3 Å². The quantitative estimate of drug-likeness (QED) is 0.876. The molecule has 6 nitrogen and oxygen atoms in total. The molecular weight excluding hydrogens is 314 g/mol. The summed E-state index contributed by atoms with van der Waals surface area (Å²) in [6, 6.07) is 10.9. The highest BCUT2D eigenvalue weighted by atomic mass is 32.2. The Hall–Kier alpha value is -2.25. The van der Waals surface area contributed by atoms with Gasteiger partial charge >= 0.3 is 0 Å². The molecule has 1 aliphatic rings. The molecule has 0 unspecified atom stereocenters. The topological polar surface area (TPSA) is 102 Å². The van der Waals surface area contributed by atoms with Crippen LogP contribution in [0.5, 0.6) is 0 Å². The summed E-state index contributed by atoms with van der Waals surface area (Å²) in [4.78, 5) is 16.0. The Morgan fingerprint density at radius 1 is 1.17 bits per heavy atom. The second-order valence-corrected chi connectivity index (χ2v) is 7.17. The number of nitrogens with two attached hydrogens (primary N) is 1. The van der Waals surface area contributed by atoms with Crippen LogP contribution in [0.2, 0.25) is 0 Å². The third-order valence-electron chi connectivity index (χ3n) is 3.98. The molecule has 7 heteroatoms. The van der Waals surface area contributed by atoms with Crippen molar-refractivity contribution in [1.29, 1.82) is 0 Å². The van der Waals surface area contributed by atoms with Crippen LogP contribution in [0.3, 0.4) is 0 Å². The molecule has 23 heavy (non-hydrogen) atoms. The standard InChI is InChI=1S/C16H17N3O3S/c17-23(21,22)14-7-8-15(18-10-14)16(20)19-13-6-5-11-3-1-2-4-12(11)9-13/h1-4,7-8,10,13H,5-6,9H2,(H,19,20)(H2,17,21,22)/t13-/m0/s1. The second-order valence-electron chi connectivity index (χ2n) is 5.61. The predicted molar refractivity (Wildman–Crippen MR) is 85.3 cm³/mol. The third-order valence-corrected chi connectivity index (χ3v) is 4.88. The number of primary sulfonamides is 1. The number of rotatable bonds is 3. The van der Waals surface area contributed by atoms with Crippen molar-refractivity contribution >= 4 is 15.9 Å². The van der Waals surface area contributed by atoms with Crippen LogP contribution < -0.4 is 10.5 Å². The number of nitrogens with zero attached hydrogens (tertiary/aromatic N) is 1. The first-order chi connectivity index (χ1) is 10.9. The number of sulfonamides is 1. The van der Waals surface area contributed by atoms with Crippen LogP contribution in [0, 0.1) is 0 Å². The lowest BCUT2D eigenvalue weighted by atomic mass is 9.88. The number of amides is 1. The third kappa shape index (κ3) is 3.57. The number of fused-ring (bicyclic) bond motifs is 1. The lowest BCUT2D eigenvalue weighted by Crippen LogP contribution is -2.39. The number of pyridine rings is 1. The Bertz CT molecular complexity index is 832. The van der Waals surface area contributed by atoms with Gasteiger partial charge in [-0.15, -0.1) is 0 Å². The van der Waals surface area contributed by atoms with Gasteiger partial charge in [0, 0.05) is 12.2 Å². The van der Waals surface area contributed by atoms with Gasteiger partial charge < -0.3 is 5.32 Å². The van der Waals surface area contributed by atoms with E-state index in [1.807, 2.05) is 12.1 Å². The van der Waals surface area contributed by atoms with Crippen molar-refractivity contribution in [2.75, 3.05) is 0 Å². The fourth-order valence-corrected chi connectivity index (χ4v) is 3.22. The van der Waals surface area contributed by atoms with E-state index in [1.54, 1.807) is 0 Å². The van der Waals surface area contributed by atoms with Crippen molar-refractivity contribution in [2.24, 2.45) is 5.14 Å². The minimum Gasteiger partial charge on any atom is -0.348 e. The SMILES string of the molecule is NS(=O)(=O)c1ccc(C(=O)N[C@H]2CCc3ccccc3C2)nc1. The first kappa shape index (κ1) is 15.6. The van der Waals surface area contributed by atoms with Gasteiger partial charge in [-0.2, -0.15) is 0 Å². The lowest BCUT2D eigenvalue weighted by Gasteiger charge is -2.25. The summed E-state index contributed by atoms with van der Waals surface area (Å²) in [6.45, 7) is 0. The summed E-state index contributed by atoms with van der Waals surface area (Å²) in [6.07, 6.45) is 3.69. The average molecular weight is 331 g/mol. The van der Waals surface area contributed by atoms with E-state index in [9.17, 15) is 13.2 Å². The maximum absolute atomic E-state index is 12.2. The molecule has 1 atom stereocenters. The van der Waals surface area contributed by atoms with Crippen LogP contribution in [0.15, 0.2) is 47.5 Å². The van der Waals surface area contributed by atoms with Crippen molar-refractivity contribution in [3.05, 3.63) is 59.4 Å². The molecule has 0 spiro atoms. The molecular formula is C16H17N3O3S. The van der Waals surface area contributed by atoms with Crippen molar-refractivity contribution in [2.45, 2.75) is 30.2 Å². The zero-order valence-corrected chi connectivity index (χ0v) is 13.2. The molecule has 3 N–H and O–H groups in total. The minimum absolute atomic E-state index is 0.0529. The molecule has 0 fully saturated rings. The lowest BCUT2D eigenvalue weighted by molar-refractivity contribution is 0.0928. The molecule has 1 heterocycles. The van der Waals surface area contributed by atoms with Crippen LogP contribution in [-0.2, 0) is 22.9 Å². The highest BCUT2D eigenvalue weighted by Crippen LogP contribution is 2.21. The molecule has 0 radical (unpaired) electrons. The maximum Gasteiger partial charge on any atom is 0.270 e. The number of aryl methyl sites for hydroxylation is 1. The molecule has 0 bridgehead atoms. The van der Waals surface area contributed by atoms with Crippen molar-refractivity contribution in [1.82, 2.24) is 10.3 Å². The highest BCUT2D eigenvalue weighted by Gasteiger charge is 2.21. The summed E-state index contributed by atoms with van der Waals surface area (Å²) < 4.78 is 22.4. The van der Waals surface area contributed by atoms with E-state index < -0.39 is 10.0 Å². The largest absolute Gasteiger partial charge is 0.348 e. The van der Waals surface area contributed by atoms with Gasteiger partial charge in [0.05, 0.1) is 0 Å². The van der Waals surface area contributed by atoms with Gasteiger partial charge in [-0.1, -0.05) is 24.3 Å². The molecule has 1 aromatic heterocycles. The number of hydrogen-bond acceptors (Lipinski definition) is 4. The molecule has 120 valence electrons. The Morgan fingerprint density at radius 2 is 1.91 bits per heavy atom. The van der Waals surface area contributed by atoms with Gasteiger partial charge in [-0.05, 0) is 42.5 Å². The fourth-order valence-electron chi connectivity index (χ4n) is 2.76. The molecule has 1 aliphatic carbocycles. The van der Waals surface area contributed by atoms with Gasteiger partial charge in [0.1, 0.15) is 10.6 Å². The Labute approximate surface area is 134 Å². The molecule has 1 amide bonds.